The highest BCUT2D eigenvalue weighted by Gasteiger charge is 2.04. The van der Waals surface area contributed by atoms with Crippen LogP contribution in [0.1, 0.15) is 16.1 Å². The highest BCUT2D eigenvalue weighted by Crippen LogP contribution is 2.12. The van der Waals surface area contributed by atoms with Crippen LogP contribution in [-0.2, 0) is 0 Å². The van der Waals surface area contributed by atoms with Gasteiger partial charge in [-0.15, -0.1) is 0 Å². The zero-order valence-corrected chi connectivity index (χ0v) is 9.32. The lowest BCUT2D eigenvalue weighted by Gasteiger charge is -1.98. The molecule has 1 aromatic heterocycles. The third-order valence-electron chi connectivity index (χ3n) is 2.10. The zero-order chi connectivity index (χ0) is 12.8. The lowest BCUT2D eigenvalue weighted by atomic mass is 10.2. The number of para-hydroxylation sites is 1. The van der Waals surface area contributed by atoms with Crippen molar-refractivity contribution >= 4 is 12.1 Å². The summed E-state index contributed by atoms with van der Waals surface area (Å²) in [5.74, 6) is -0.371. The zero-order valence-electron chi connectivity index (χ0n) is 9.32. The summed E-state index contributed by atoms with van der Waals surface area (Å²) >= 11 is 0. The van der Waals surface area contributed by atoms with E-state index in [2.05, 4.69) is 20.5 Å². The molecule has 1 amide bonds. The normalized spacial score (nSPS) is 10.4. The molecule has 2 N–H and O–H groups in total. The maximum absolute atomic E-state index is 11.5. The number of amides is 1. The average molecular weight is 242 g/mol. The first kappa shape index (κ1) is 11.7. The van der Waals surface area contributed by atoms with Gasteiger partial charge < -0.3 is 5.11 Å². The molecule has 0 saturated heterocycles. The van der Waals surface area contributed by atoms with E-state index in [4.69, 9.17) is 0 Å². The van der Waals surface area contributed by atoms with Crippen LogP contribution in [0.4, 0.5) is 0 Å². The second-order valence-electron chi connectivity index (χ2n) is 3.35. The van der Waals surface area contributed by atoms with Gasteiger partial charge in [-0.3, -0.25) is 9.78 Å². The van der Waals surface area contributed by atoms with Gasteiger partial charge in [0.2, 0.25) is 0 Å². The molecule has 2 aromatic rings. The van der Waals surface area contributed by atoms with Crippen molar-refractivity contribution in [3.8, 4) is 5.75 Å². The van der Waals surface area contributed by atoms with Gasteiger partial charge in [-0.1, -0.05) is 12.1 Å². The van der Waals surface area contributed by atoms with E-state index >= 15 is 0 Å². The number of aromatic hydroxyl groups is 1. The molecule has 0 aliphatic heterocycles. The third-order valence-corrected chi connectivity index (χ3v) is 2.10. The Morgan fingerprint density at radius 3 is 2.89 bits per heavy atom. The fraction of sp³-hybridized carbons (Fsp3) is 0. The van der Waals surface area contributed by atoms with Gasteiger partial charge in [-0.25, -0.2) is 10.4 Å². The fourth-order valence-electron chi connectivity index (χ4n) is 1.23. The van der Waals surface area contributed by atoms with Gasteiger partial charge in [0.1, 0.15) is 11.4 Å². The van der Waals surface area contributed by atoms with Crippen LogP contribution >= 0.6 is 0 Å². The molecule has 0 aliphatic rings. The molecule has 1 heterocycles. The lowest BCUT2D eigenvalue weighted by molar-refractivity contribution is 0.0949. The molecule has 0 atom stereocenters. The van der Waals surface area contributed by atoms with E-state index in [-0.39, 0.29) is 11.4 Å². The monoisotopic (exact) mass is 242 g/mol. The predicted molar refractivity (Wildman–Crippen MR) is 65.2 cm³/mol. The second kappa shape index (κ2) is 5.53. The van der Waals surface area contributed by atoms with Crippen molar-refractivity contribution in [1.82, 2.24) is 15.4 Å². The summed E-state index contributed by atoms with van der Waals surface area (Å²) < 4.78 is 0. The highest BCUT2D eigenvalue weighted by atomic mass is 16.3. The number of hydrogen-bond acceptors (Lipinski definition) is 5. The largest absolute Gasteiger partial charge is 0.507 e. The minimum Gasteiger partial charge on any atom is -0.507 e. The number of hydrogen-bond donors (Lipinski definition) is 2. The number of carbonyl (C=O) groups excluding carboxylic acids is 1. The van der Waals surface area contributed by atoms with Gasteiger partial charge in [0.05, 0.1) is 12.4 Å². The minimum absolute atomic E-state index is 0.0926. The van der Waals surface area contributed by atoms with Crippen LogP contribution in [0.5, 0.6) is 5.75 Å². The number of phenols is 1. The summed E-state index contributed by atoms with van der Waals surface area (Å²) in [6.07, 6.45) is 5.58. The highest BCUT2D eigenvalue weighted by molar-refractivity contribution is 5.93. The Balaban J connectivity index is 2.00. The predicted octanol–water partition coefficient (Wildman–Crippen LogP) is 0.946. The van der Waals surface area contributed by atoms with E-state index in [1.807, 2.05) is 0 Å². The van der Waals surface area contributed by atoms with Crippen molar-refractivity contribution in [3.63, 3.8) is 0 Å². The molecule has 1 aromatic carbocycles. The molecule has 0 saturated carbocycles. The van der Waals surface area contributed by atoms with Gasteiger partial charge in [-0.05, 0) is 12.1 Å². The molecule has 0 bridgehead atoms. The Hall–Kier alpha value is -2.76. The molecule has 6 nitrogen and oxygen atoms in total. The number of phenolic OH excluding ortho intramolecular Hbond substituents is 1. The summed E-state index contributed by atoms with van der Waals surface area (Å²) in [6, 6.07) is 6.66. The van der Waals surface area contributed by atoms with Gasteiger partial charge in [0, 0.05) is 18.0 Å². The summed E-state index contributed by atoms with van der Waals surface area (Å²) in [5, 5.41) is 13.2. The first-order valence-electron chi connectivity index (χ1n) is 5.15. The molecular formula is C12H10N4O2. The first-order chi connectivity index (χ1) is 8.77. The van der Waals surface area contributed by atoms with Crippen LogP contribution in [0.15, 0.2) is 48.0 Å². The maximum Gasteiger partial charge on any atom is 0.291 e. The molecule has 6 heteroatoms. The van der Waals surface area contributed by atoms with Gasteiger partial charge >= 0.3 is 0 Å². The van der Waals surface area contributed by atoms with Crippen molar-refractivity contribution in [3.05, 3.63) is 54.1 Å². The molecule has 0 unspecified atom stereocenters. The number of benzene rings is 1. The molecule has 0 radical (unpaired) electrons. The smallest absolute Gasteiger partial charge is 0.291 e. The van der Waals surface area contributed by atoms with Crippen molar-refractivity contribution in [2.45, 2.75) is 0 Å². The van der Waals surface area contributed by atoms with Crippen molar-refractivity contribution in [2.24, 2.45) is 5.10 Å². The van der Waals surface area contributed by atoms with E-state index in [0.29, 0.717) is 5.56 Å². The van der Waals surface area contributed by atoms with Crippen LogP contribution in [0.2, 0.25) is 0 Å². The Kier molecular flexibility index (Phi) is 3.60. The molecule has 90 valence electrons. The Morgan fingerprint density at radius 2 is 2.17 bits per heavy atom. The van der Waals surface area contributed by atoms with Gasteiger partial charge in [0.25, 0.3) is 5.91 Å². The Morgan fingerprint density at radius 1 is 1.33 bits per heavy atom. The third kappa shape index (κ3) is 2.88. The molecular weight excluding hydrogens is 232 g/mol. The molecule has 0 spiro atoms. The minimum atomic E-state index is -0.463. The quantitative estimate of drug-likeness (QED) is 0.619. The lowest BCUT2D eigenvalue weighted by Crippen LogP contribution is -2.19. The van der Waals surface area contributed by atoms with Gasteiger partial charge in [-0.2, -0.15) is 5.10 Å². The Bertz CT molecular complexity index is 569. The molecule has 18 heavy (non-hydrogen) atoms. The number of hydrazone groups is 1. The number of rotatable bonds is 3. The molecule has 2 rings (SSSR count). The number of nitrogens with zero attached hydrogens (tertiary/aromatic N) is 3. The van der Waals surface area contributed by atoms with Crippen LogP contribution < -0.4 is 5.43 Å². The molecule has 0 fully saturated rings. The van der Waals surface area contributed by atoms with Crippen molar-refractivity contribution < 1.29 is 9.90 Å². The van der Waals surface area contributed by atoms with Gasteiger partial charge in [0.15, 0.2) is 0 Å². The van der Waals surface area contributed by atoms with Crippen LogP contribution in [0.25, 0.3) is 0 Å². The second-order valence-corrected chi connectivity index (χ2v) is 3.35. The number of carbonyl (C=O) groups is 1. The number of nitrogens with one attached hydrogen (secondary N) is 1. The molecule has 0 aliphatic carbocycles. The number of aromatic nitrogens is 2. The maximum atomic E-state index is 11.5. The summed E-state index contributed by atoms with van der Waals surface area (Å²) in [7, 11) is 0. The topological polar surface area (TPSA) is 87.5 Å². The van der Waals surface area contributed by atoms with Crippen LogP contribution in [-0.4, -0.2) is 27.2 Å². The van der Waals surface area contributed by atoms with E-state index in [1.165, 1.54) is 30.9 Å². The summed E-state index contributed by atoms with van der Waals surface area (Å²) in [6.45, 7) is 0. The Labute approximate surface area is 103 Å². The summed E-state index contributed by atoms with van der Waals surface area (Å²) in [4.78, 5) is 19.1. The first-order valence-corrected chi connectivity index (χ1v) is 5.15. The summed E-state index contributed by atoms with van der Waals surface area (Å²) in [5.41, 5.74) is 2.98. The van der Waals surface area contributed by atoms with Crippen LogP contribution in [0, 0.1) is 0 Å². The SMILES string of the molecule is O=C(NN=Cc1ccccc1O)c1cnccn1. The van der Waals surface area contributed by atoms with E-state index in [9.17, 15) is 9.90 Å². The average Bonchev–Trinajstić information content (AvgIpc) is 2.42. The fourth-order valence-corrected chi connectivity index (χ4v) is 1.23. The van der Waals surface area contributed by atoms with E-state index < -0.39 is 5.91 Å². The van der Waals surface area contributed by atoms with Crippen molar-refractivity contribution in [2.75, 3.05) is 0 Å². The van der Waals surface area contributed by atoms with Crippen molar-refractivity contribution in [1.29, 1.82) is 0 Å². The standard InChI is InChI=1S/C12H10N4O2/c17-11-4-2-1-3-9(11)7-15-16-12(18)10-8-13-5-6-14-10/h1-8,17H,(H,16,18). The van der Waals surface area contributed by atoms with Crippen LogP contribution in [0.3, 0.4) is 0 Å². The van der Waals surface area contributed by atoms with E-state index in [0.717, 1.165) is 0 Å². The van der Waals surface area contributed by atoms with E-state index in [1.54, 1.807) is 18.2 Å².